The highest BCUT2D eigenvalue weighted by atomic mass is 32.1. The molecule has 1 saturated heterocycles. The zero-order valence-corrected chi connectivity index (χ0v) is 11.0. The van der Waals surface area contributed by atoms with Crippen LogP contribution >= 0.6 is 12.2 Å². The monoisotopic (exact) mass is 248 g/mol. The first-order valence-corrected chi connectivity index (χ1v) is 6.66. The van der Waals surface area contributed by atoms with Crippen LogP contribution < -0.4 is 4.90 Å². The van der Waals surface area contributed by atoms with Crippen molar-refractivity contribution in [3.63, 3.8) is 0 Å². The van der Waals surface area contributed by atoms with Gasteiger partial charge in [-0.15, -0.1) is 0 Å². The van der Waals surface area contributed by atoms with Gasteiger partial charge in [-0.3, -0.25) is 4.57 Å². The summed E-state index contributed by atoms with van der Waals surface area (Å²) < 4.78 is 5.33. The molecule has 3 nitrogen and oxygen atoms in total. The first kappa shape index (κ1) is 11.0. The predicted molar refractivity (Wildman–Crippen MR) is 71.7 cm³/mol. The molecule has 0 atom stereocenters. The molecule has 3 rings (SSSR count). The Bertz CT molecular complexity index is 590. The normalized spacial score (nSPS) is 17.0. The van der Waals surface area contributed by atoms with Gasteiger partial charge in [0.1, 0.15) is 0 Å². The first-order chi connectivity index (χ1) is 8.27. The van der Waals surface area contributed by atoms with Gasteiger partial charge in [-0.25, -0.2) is 0 Å². The van der Waals surface area contributed by atoms with E-state index in [-0.39, 0.29) is 0 Å². The highest BCUT2D eigenvalue weighted by Gasteiger charge is 2.17. The Kier molecular flexibility index (Phi) is 2.76. The van der Waals surface area contributed by atoms with E-state index in [9.17, 15) is 0 Å². The zero-order valence-electron chi connectivity index (χ0n) is 10.1. The molecule has 2 aromatic rings. The molecule has 1 fully saturated rings. The molecule has 1 N–H and O–H groups in total. The van der Waals surface area contributed by atoms with Gasteiger partial charge in [-0.05, 0) is 24.4 Å². The van der Waals surface area contributed by atoms with E-state index in [2.05, 4.69) is 40.4 Å². The van der Waals surface area contributed by atoms with Crippen LogP contribution in [0.5, 0.6) is 0 Å². The maximum absolute atomic E-state index is 5.54. The summed E-state index contributed by atoms with van der Waals surface area (Å²) in [7, 11) is 2.06. The topological polar surface area (TPSA) is 14.3 Å². The number of fused-ring (bicyclic) bond motifs is 1. The molecule has 17 heavy (non-hydrogen) atoms. The van der Waals surface area contributed by atoms with Crippen LogP contribution in [0.25, 0.3) is 11.0 Å². The van der Waals surface area contributed by atoms with Crippen molar-refractivity contribution in [3.8, 4) is 0 Å². The molecule has 2 heterocycles. The fraction of sp³-hybridized carbons (Fsp3) is 0.462. The van der Waals surface area contributed by atoms with Gasteiger partial charge in [0.15, 0.2) is 11.4 Å². The summed E-state index contributed by atoms with van der Waals surface area (Å²) in [6.07, 6.45) is 2.71. The fourth-order valence-electron chi connectivity index (χ4n) is 2.77. The molecule has 0 unspecified atom stereocenters. The van der Waals surface area contributed by atoms with Crippen molar-refractivity contribution >= 4 is 23.3 Å². The number of hydrogen-bond donors (Lipinski definition) is 1. The Balaban J connectivity index is 2.08. The number of nitrogens with one attached hydrogen (secondary N) is 1. The lowest BCUT2D eigenvalue weighted by Crippen LogP contribution is -3.09. The summed E-state index contributed by atoms with van der Waals surface area (Å²) in [5.74, 6) is 0. The van der Waals surface area contributed by atoms with Gasteiger partial charge in [0.2, 0.25) is 0 Å². The molecule has 4 heteroatoms. The molecular weight excluding hydrogens is 230 g/mol. The second kappa shape index (κ2) is 4.27. The number of aryl methyl sites for hydroxylation is 1. The quantitative estimate of drug-likeness (QED) is 0.792. The minimum absolute atomic E-state index is 0.936. The van der Waals surface area contributed by atoms with E-state index in [1.807, 2.05) is 0 Å². The van der Waals surface area contributed by atoms with Crippen molar-refractivity contribution in [1.82, 2.24) is 9.13 Å². The number of imidazole rings is 1. The molecular formula is C13H18N3S+. The molecule has 1 aromatic heterocycles. The van der Waals surface area contributed by atoms with Crippen LogP contribution in [-0.4, -0.2) is 22.2 Å². The Morgan fingerprint density at radius 1 is 1.18 bits per heavy atom. The van der Waals surface area contributed by atoms with Crippen LogP contribution in [0.15, 0.2) is 24.3 Å². The van der Waals surface area contributed by atoms with Crippen molar-refractivity contribution in [1.29, 1.82) is 0 Å². The number of para-hydroxylation sites is 2. The first-order valence-electron chi connectivity index (χ1n) is 6.25. The Hall–Kier alpha value is -1.13. The molecule has 0 saturated carbocycles. The standard InChI is InChI=1S/C13H17N3S/c1-14-11-6-2-3-7-12(11)16(13(14)17)10-15-8-4-5-9-15/h2-3,6-7H,4-5,8-10H2,1H3/p+1. The van der Waals surface area contributed by atoms with E-state index in [4.69, 9.17) is 12.2 Å². The summed E-state index contributed by atoms with van der Waals surface area (Å²) in [5.41, 5.74) is 2.50. The van der Waals surface area contributed by atoms with Crippen LogP contribution in [0, 0.1) is 4.77 Å². The van der Waals surface area contributed by atoms with E-state index in [1.54, 1.807) is 4.90 Å². The van der Waals surface area contributed by atoms with Gasteiger partial charge in [0.25, 0.3) is 0 Å². The highest BCUT2D eigenvalue weighted by Crippen LogP contribution is 2.15. The maximum atomic E-state index is 5.54. The zero-order chi connectivity index (χ0) is 11.8. The van der Waals surface area contributed by atoms with Gasteiger partial charge in [-0.2, -0.15) is 0 Å². The summed E-state index contributed by atoms with van der Waals surface area (Å²) in [6, 6.07) is 8.47. The van der Waals surface area contributed by atoms with Crippen LogP contribution in [0.4, 0.5) is 0 Å². The Morgan fingerprint density at radius 2 is 1.82 bits per heavy atom. The fourth-order valence-corrected chi connectivity index (χ4v) is 3.03. The van der Waals surface area contributed by atoms with Crippen molar-refractivity contribution in [3.05, 3.63) is 29.0 Å². The number of nitrogens with zero attached hydrogens (tertiary/aromatic N) is 2. The molecule has 0 bridgehead atoms. The van der Waals surface area contributed by atoms with Crippen molar-refractivity contribution < 1.29 is 4.90 Å². The molecule has 90 valence electrons. The smallest absolute Gasteiger partial charge is 0.184 e. The second-order valence-electron chi connectivity index (χ2n) is 4.87. The van der Waals surface area contributed by atoms with Gasteiger partial charge < -0.3 is 9.47 Å². The minimum Gasteiger partial charge on any atom is -0.320 e. The Morgan fingerprint density at radius 3 is 2.53 bits per heavy atom. The highest BCUT2D eigenvalue weighted by molar-refractivity contribution is 7.71. The maximum Gasteiger partial charge on any atom is 0.184 e. The third-order valence-corrected chi connectivity index (χ3v) is 4.24. The number of benzene rings is 1. The SMILES string of the molecule is Cn1c(=S)n(C[NH+]2CCCC2)c2ccccc21. The minimum atomic E-state index is 0.936. The summed E-state index contributed by atoms with van der Waals surface area (Å²) in [5, 5.41) is 0. The molecule has 1 aromatic carbocycles. The summed E-state index contributed by atoms with van der Waals surface area (Å²) in [4.78, 5) is 1.65. The van der Waals surface area contributed by atoms with Gasteiger partial charge in [0, 0.05) is 19.9 Å². The van der Waals surface area contributed by atoms with Crippen LogP contribution in [0.3, 0.4) is 0 Å². The summed E-state index contributed by atoms with van der Waals surface area (Å²) in [6.45, 7) is 3.58. The number of quaternary nitrogens is 1. The molecule has 0 aliphatic carbocycles. The van der Waals surface area contributed by atoms with Crippen molar-refractivity contribution in [2.45, 2.75) is 19.5 Å². The van der Waals surface area contributed by atoms with Crippen molar-refractivity contribution in [2.75, 3.05) is 13.1 Å². The van der Waals surface area contributed by atoms with Crippen molar-refractivity contribution in [2.24, 2.45) is 7.05 Å². The number of likely N-dealkylation sites (tertiary alicyclic amines) is 1. The summed E-state index contributed by atoms with van der Waals surface area (Å²) >= 11 is 5.54. The molecule has 0 radical (unpaired) electrons. The largest absolute Gasteiger partial charge is 0.320 e. The second-order valence-corrected chi connectivity index (χ2v) is 5.24. The third kappa shape index (κ3) is 1.81. The lowest BCUT2D eigenvalue weighted by molar-refractivity contribution is -0.910. The lowest BCUT2D eigenvalue weighted by atomic mass is 10.3. The lowest BCUT2D eigenvalue weighted by Gasteiger charge is -2.13. The molecule has 1 aliphatic heterocycles. The average molecular weight is 248 g/mol. The van der Waals surface area contributed by atoms with E-state index in [0.717, 1.165) is 11.4 Å². The van der Waals surface area contributed by atoms with E-state index < -0.39 is 0 Å². The van der Waals surface area contributed by atoms with Crippen LogP contribution in [0.2, 0.25) is 0 Å². The average Bonchev–Trinajstić information content (AvgIpc) is 2.94. The van der Waals surface area contributed by atoms with Crippen LogP contribution in [-0.2, 0) is 13.7 Å². The van der Waals surface area contributed by atoms with Crippen LogP contribution in [0.1, 0.15) is 12.8 Å². The van der Waals surface area contributed by atoms with E-state index >= 15 is 0 Å². The van der Waals surface area contributed by atoms with E-state index in [0.29, 0.717) is 0 Å². The van der Waals surface area contributed by atoms with Gasteiger partial charge in [-0.1, -0.05) is 12.1 Å². The predicted octanol–water partition coefficient (Wildman–Crippen LogP) is 1.35. The number of aromatic nitrogens is 2. The van der Waals surface area contributed by atoms with Gasteiger partial charge >= 0.3 is 0 Å². The van der Waals surface area contributed by atoms with E-state index in [1.165, 1.54) is 37.0 Å². The number of rotatable bonds is 2. The molecule has 1 aliphatic rings. The molecule has 0 amide bonds. The van der Waals surface area contributed by atoms with Gasteiger partial charge in [0.05, 0.1) is 24.1 Å². The molecule has 0 spiro atoms. The Labute approximate surface area is 106 Å². The number of hydrogen-bond acceptors (Lipinski definition) is 1. The third-order valence-electron chi connectivity index (χ3n) is 3.74.